The second-order valence-corrected chi connectivity index (χ2v) is 4.96. The highest BCUT2D eigenvalue weighted by Gasteiger charge is 2.22. The Balaban J connectivity index is 2.72. The predicted molar refractivity (Wildman–Crippen MR) is 85.8 cm³/mol. The lowest BCUT2D eigenvalue weighted by molar-refractivity contribution is 0.0769. The molecule has 0 unspecified atom stereocenters. The van der Waals surface area contributed by atoms with E-state index in [1.165, 1.54) is 0 Å². The van der Waals surface area contributed by atoms with Crippen LogP contribution in [-0.4, -0.2) is 29.7 Å². The second-order valence-electron chi connectivity index (χ2n) is 4.96. The topological polar surface area (TPSA) is 37.4 Å². The van der Waals surface area contributed by atoms with Crippen LogP contribution in [0.2, 0.25) is 0 Å². The molecule has 3 nitrogen and oxygen atoms in total. The number of carbonyl (C=O) groups is 2. The minimum atomic E-state index is -0.0615. The quantitative estimate of drug-likeness (QED) is 0.780. The number of nitrogens with zero attached hydrogens (tertiary/aromatic N) is 1. The van der Waals surface area contributed by atoms with E-state index < -0.39 is 0 Å². The molecule has 0 saturated carbocycles. The number of fused-ring (bicyclic) bond motifs is 1. The SMILES string of the molecule is CCC(=O)c1ccc2ccccc2c1C(=O)N(CC)CC. The molecule has 110 valence electrons. The zero-order chi connectivity index (χ0) is 15.4. The molecule has 2 rings (SSSR count). The molecule has 0 aromatic heterocycles. The smallest absolute Gasteiger partial charge is 0.255 e. The van der Waals surface area contributed by atoms with Gasteiger partial charge in [-0.1, -0.05) is 37.3 Å². The van der Waals surface area contributed by atoms with Crippen molar-refractivity contribution in [1.29, 1.82) is 0 Å². The summed E-state index contributed by atoms with van der Waals surface area (Å²) in [5, 5.41) is 1.84. The first-order valence-corrected chi connectivity index (χ1v) is 7.48. The number of amides is 1. The van der Waals surface area contributed by atoms with Gasteiger partial charge >= 0.3 is 0 Å². The molecule has 0 saturated heterocycles. The molecule has 0 aliphatic heterocycles. The predicted octanol–water partition coefficient (Wildman–Crippen LogP) is 3.91. The molecule has 2 aromatic carbocycles. The molecule has 0 spiro atoms. The summed E-state index contributed by atoms with van der Waals surface area (Å²) in [6, 6.07) is 11.4. The number of rotatable bonds is 5. The molecule has 0 bridgehead atoms. The first-order chi connectivity index (χ1) is 10.1. The van der Waals surface area contributed by atoms with Crippen LogP contribution in [0.4, 0.5) is 0 Å². The first-order valence-electron chi connectivity index (χ1n) is 7.48. The van der Waals surface area contributed by atoms with Crippen LogP contribution in [0.1, 0.15) is 47.9 Å². The van der Waals surface area contributed by atoms with Crippen molar-refractivity contribution in [2.45, 2.75) is 27.2 Å². The zero-order valence-electron chi connectivity index (χ0n) is 12.8. The van der Waals surface area contributed by atoms with E-state index in [4.69, 9.17) is 0 Å². The summed E-state index contributed by atoms with van der Waals surface area (Å²) in [5.41, 5.74) is 1.08. The molecule has 0 N–H and O–H groups in total. The maximum atomic E-state index is 12.8. The molecule has 1 amide bonds. The van der Waals surface area contributed by atoms with Gasteiger partial charge in [0, 0.05) is 25.1 Å². The summed E-state index contributed by atoms with van der Waals surface area (Å²) in [4.78, 5) is 26.8. The minimum absolute atomic E-state index is 0.0104. The Kier molecular flexibility index (Phi) is 4.73. The van der Waals surface area contributed by atoms with Gasteiger partial charge in [-0.2, -0.15) is 0 Å². The number of hydrogen-bond donors (Lipinski definition) is 0. The third-order valence-electron chi connectivity index (χ3n) is 3.82. The summed E-state index contributed by atoms with van der Waals surface area (Å²) >= 11 is 0. The van der Waals surface area contributed by atoms with Crippen LogP contribution in [0.15, 0.2) is 36.4 Å². The van der Waals surface area contributed by atoms with Gasteiger partial charge in [0.25, 0.3) is 5.91 Å². The van der Waals surface area contributed by atoms with Crippen molar-refractivity contribution in [1.82, 2.24) is 4.90 Å². The number of carbonyl (C=O) groups excluding carboxylic acids is 2. The summed E-state index contributed by atoms with van der Waals surface area (Å²) < 4.78 is 0. The van der Waals surface area contributed by atoms with E-state index in [2.05, 4.69) is 0 Å². The van der Waals surface area contributed by atoms with E-state index in [1.807, 2.05) is 51.1 Å². The number of ketones is 1. The van der Waals surface area contributed by atoms with E-state index in [1.54, 1.807) is 11.0 Å². The molecular weight excluding hydrogens is 262 g/mol. The Morgan fingerprint density at radius 3 is 2.24 bits per heavy atom. The lowest BCUT2D eigenvalue weighted by Crippen LogP contribution is -2.31. The average Bonchev–Trinajstić information content (AvgIpc) is 2.53. The van der Waals surface area contributed by atoms with Crippen LogP contribution in [-0.2, 0) is 0 Å². The highest BCUT2D eigenvalue weighted by Crippen LogP contribution is 2.25. The molecule has 21 heavy (non-hydrogen) atoms. The van der Waals surface area contributed by atoms with Crippen molar-refractivity contribution in [2.24, 2.45) is 0 Å². The molecule has 0 aliphatic carbocycles. The Morgan fingerprint density at radius 2 is 1.62 bits per heavy atom. The van der Waals surface area contributed by atoms with Crippen molar-refractivity contribution >= 4 is 22.5 Å². The van der Waals surface area contributed by atoms with Gasteiger partial charge in [-0.3, -0.25) is 9.59 Å². The second kappa shape index (κ2) is 6.53. The summed E-state index contributed by atoms with van der Waals surface area (Å²) in [6.07, 6.45) is 0.400. The fourth-order valence-corrected chi connectivity index (χ4v) is 2.59. The lowest BCUT2D eigenvalue weighted by atomic mass is 9.94. The van der Waals surface area contributed by atoms with Crippen molar-refractivity contribution in [3.63, 3.8) is 0 Å². The number of Topliss-reactive ketones (excluding diaryl/α,β-unsaturated/α-hetero) is 1. The van der Waals surface area contributed by atoms with Crippen molar-refractivity contribution in [2.75, 3.05) is 13.1 Å². The van der Waals surface area contributed by atoms with Crippen LogP contribution in [0.3, 0.4) is 0 Å². The Morgan fingerprint density at radius 1 is 0.952 bits per heavy atom. The van der Waals surface area contributed by atoms with Gasteiger partial charge in [0.1, 0.15) is 0 Å². The lowest BCUT2D eigenvalue weighted by Gasteiger charge is -2.21. The standard InChI is InChI=1S/C18H21NO2/c1-4-16(20)15-12-11-13-9-7-8-10-14(13)17(15)18(21)19(5-2)6-3/h7-12H,4-6H2,1-3H3. The molecule has 0 heterocycles. The van der Waals surface area contributed by atoms with Crippen molar-refractivity contribution in [3.05, 3.63) is 47.5 Å². The van der Waals surface area contributed by atoms with Gasteiger partial charge < -0.3 is 4.90 Å². The maximum absolute atomic E-state index is 12.8. The number of benzene rings is 2. The van der Waals surface area contributed by atoms with Crippen molar-refractivity contribution < 1.29 is 9.59 Å². The monoisotopic (exact) mass is 283 g/mol. The van der Waals surface area contributed by atoms with Crippen LogP contribution in [0, 0.1) is 0 Å². The third-order valence-corrected chi connectivity index (χ3v) is 3.82. The van der Waals surface area contributed by atoms with E-state index >= 15 is 0 Å². The molecule has 2 aromatic rings. The van der Waals surface area contributed by atoms with Crippen molar-refractivity contribution in [3.8, 4) is 0 Å². The number of hydrogen-bond acceptors (Lipinski definition) is 2. The maximum Gasteiger partial charge on any atom is 0.255 e. The molecule has 0 atom stereocenters. The van der Waals surface area contributed by atoms with E-state index in [0.717, 1.165) is 10.8 Å². The van der Waals surface area contributed by atoms with E-state index in [-0.39, 0.29) is 11.7 Å². The van der Waals surface area contributed by atoms with E-state index in [0.29, 0.717) is 30.6 Å². The zero-order valence-corrected chi connectivity index (χ0v) is 12.8. The van der Waals surface area contributed by atoms with Crippen LogP contribution >= 0.6 is 0 Å². The largest absolute Gasteiger partial charge is 0.339 e. The van der Waals surface area contributed by atoms with E-state index in [9.17, 15) is 9.59 Å². The normalized spacial score (nSPS) is 10.6. The van der Waals surface area contributed by atoms with Gasteiger partial charge in [0.05, 0.1) is 5.56 Å². The Labute approximate surface area is 125 Å². The van der Waals surface area contributed by atoms with Gasteiger partial charge in [0.2, 0.25) is 0 Å². The molecular formula is C18H21NO2. The molecule has 0 fully saturated rings. The van der Waals surface area contributed by atoms with Gasteiger partial charge in [-0.05, 0) is 30.7 Å². The first kappa shape index (κ1) is 15.2. The summed E-state index contributed by atoms with van der Waals surface area (Å²) in [6.45, 7) is 7.00. The van der Waals surface area contributed by atoms with Gasteiger partial charge in [-0.25, -0.2) is 0 Å². The van der Waals surface area contributed by atoms with Crippen LogP contribution in [0.5, 0.6) is 0 Å². The minimum Gasteiger partial charge on any atom is -0.339 e. The fraction of sp³-hybridized carbons (Fsp3) is 0.333. The molecule has 3 heteroatoms. The third kappa shape index (κ3) is 2.82. The van der Waals surface area contributed by atoms with Gasteiger partial charge in [-0.15, -0.1) is 0 Å². The Hall–Kier alpha value is -2.16. The Bertz CT molecular complexity index is 672. The highest BCUT2D eigenvalue weighted by molar-refractivity contribution is 6.15. The average molecular weight is 283 g/mol. The van der Waals surface area contributed by atoms with Gasteiger partial charge in [0.15, 0.2) is 5.78 Å². The highest BCUT2D eigenvalue weighted by atomic mass is 16.2. The van der Waals surface area contributed by atoms with Crippen LogP contribution < -0.4 is 0 Å². The summed E-state index contributed by atoms with van der Waals surface area (Å²) in [7, 11) is 0. The fourth-order valence-electron chi connectivity index (χ4n) is 2.59. The summed E-state index contributed by atoms with van der Waals surface area (Å²) in [5.74, 6) is -0.0511. The van der Waals surface area contributed by atoms with Crippen LogP contribution in [0.25, 0.3) is 10.8 Å². The molecule has 0 aliphatic rings. The molecule has 0 radical (unpaired) electrons.